The highest BCUT2D eigenvalue weighted by Crippen LogP contribution is 2.19. The van der Waals surface area contributed by atoms with Gasteiger partial charge < -0.3 is 19.8 Å². The van der Waals surface area contributed by atoms with Gasteiger partial charge in [-0.15, -0.1) is 0 Å². The zero-order valence-corrected chi connectivity index (χ0v) is 15.2. The van der Waals surface area contributed by atoms with Gasteiger partial charge in [-0.1, -0.05) is 0 Å². The van der Waals surface area contributed by atoms with Crippen molar-refractivity contribution in [3.8, 4) is 0 Å². The molecular formula is C19H24N6O2. The number of rotatable bonds is 3. The number of hydrogen-bond acceptors (Lipinski definition) is 7. The molecular weight excluding hydrogens is 344 g/mol. The van der Waals surface area contributed by atoms with Gasteiger partial charge in [0.25, 0.3) is 5.91 Å². The summed E-state index contributed by atoms with van der Waals surface area (Å²) < 4.78 is 0. The Bertz CT molecular complexity index is 770. The summed E-state index contributed by atoms with van der Waals surface area (Å²) in [6.07, 6.45) is 6.47. The molecule has 8 nitrogen and oxygen atoms in total. The van der Waals surface area contributed by atoms with Gasteiger partial charge in [-0.2, -0.15) is 0 Å². The molecule has 2 aromatic heterocycles. The van der Waals surface area contributed by atoms with Crippen molar-refractivity contribution >= 4 is 17.7 Å². The van der Waals surface area contributed by atoms with Crippen molar-refractivity contribution in [3.05, 3.63) is 42.4 Å². The van der Waals surface area contributed by atoms with Crippen LogP contribution < -0.4 is 9.80 Å². The van der Waals surface area contributed by atoms with E-state index in [0.29, 0.717) is 37.7 Å². The van der Waals surface area contributed by atoms with Gasteiger partial charge in [-0.25, -0.2) is 15.0 Å². The monoisotopic (exact) mass is 368 g/mol. The number of aliphatic hydroxyl groups excluding tert-OH is 1. The molecule has 1 unspecified atom stereocenters. The first kappa shape index (κ1) is 17.7. The Morgan fingerprint density at radius 1 is 1.00 bits per heavy atom. The summed E-state index contributed by atoms with van der Waals surface area (Å²) in [7, 11) is 0. The minimum Gasteiger partial charge on any atom is -0.391 e. The normalized spacial score (nSPS) is 20.6. The van der Waals surface area contributed by atoms with E-state index in [2.05, 4.69) is 19.9 Å². The maximum absolute atomic E-state index is 12.9. The first-order valence-corrected chi connectivity index (χ1v) is 9.41. The zero-order chi connectivity index (χ0) is 18.6. The lowest BCUT2D eigenvalue weighted by Gasteiger charge is -2.22. The Labute approximate surface area is 158 Å². The molecule has 4 rings (SSSR count). The van der Waals surface area contributed by atoms with Gasteiger partial charge in [0.15, 0.2) is 0 Å². The van der Waals surface area contributed by atoms with Crippen molar-refractivity contribution < 1.29 is 9.90 Å². The molecule has 8 heteroatoms. The van der Waals surface area contributed by atoms with Crippen molar-refractivity contribution in [2.24, 2.45) is 0 Å². The van der Waals surface area contributed by atoms with Crippen molar-refractivity contribution in [1.29, 1.82) is 0 Å². The highest BCUT2D eigenvalue weighted by atomic mass is 16.3. The number of aromatic nitrogens is 3. The third-order valence-electron chi connectivity index (χ3n) is 5.10. The smallest absolute Gasteiger partial charge is 0.255 e. The lowest BCUT2D eigenvalue weighted by atomic mass is 10.2. The standard InChI is InChI=1S/C19H24N6O2/c26-16-5-10-25(14-16)17-4-3-15(13-22-17)18(27)23-8-2-9-24(12-11-23)19-20-6-1-7-21-19/h1,3-4,6-7,13,16,26H,2,5,8-12,14H2. The van der Waals surface area contributed by atoms with Crippen LogP contribution in [-0.4, -0.2) is 76.2 Å². The van der Waals surface area contributed by atoms with Crippen LogP contribution in [0, 0.1) is 0 Å². The third kappa shape index (κ3) is 4.00. The summed E-state index contributed by atoms with van der Waals surface area (Å²) in [5.41, 5.74) is 0.600. The molecule has 0 radical (unpaired) electrons. The van der Waals surface area contributed by atoms with Gasteiger partial charge >= 0.3 is 0 Å². The molecule has 0 bridgehead atoms. The minimum atomic E-state index is -0.290. The number of hydrogen-bond donors (Lipinski definition) is 1. The molecule has 2 saturated heterocycles. The summed E-state index contributed by atoms with van der Waals surface area (Å²) in [6, 6.07) is 5.50. The Balaban J connectivity index is 1.39. The molecule has 1 amide bonds. The van der Waals surface area contributed by atoms with Crippen LogP contribution in [0.25, 0.3) is 0 Å². The molecule has 1 atom stereocenters. The zero-order valence-electron chi connectivity index (χ0n) is 15.2. The van der Waals surface area contributed by atoms with E-state index in [9.17, 15) is 9.90 Å². The molecule has 0 saturated carbocycles. The van der Waals surface area contributed by atoms with Crippen LogP contribution in [-0.2, 0) is 0 Å². The number of carbonyl (C=O) groups excluding carboxylic acids is 1. The van der Waals surface area contributed by atoms with Gasteiger partial charge in [0, 0.05) is 57.9 Å². The highest BCUT2D eigenvalue weighted by molar-refractivity contribution is 5.94. The molecule has 1 N–H and O–H groups in total. The van der Waals surface area contributed by atoms with Gasteiger partial charge in [-0.3, -0.25) is 4.79 Å². The lowest BCUT2D eigenvalue weighted by molar-refractivity contribution is 0.0766. The van der Waals surface area contributed by atoms with Crippen LogP contribution in [0.4, 0.5) is 11.8 Å². The summed E-state index contributed by atoms with van der Waals surface area (Å²) in [6.45, 7) is 4.30. The van der Waals surface area contributed by atoms with Crippen molar-refractivity contribution in [3.63, 3.8) is 0 Å². The number of aliphatic hydroxyl groups is 1. The van der Waals surface area contributed by atoms with Gasteiger partial charge in [0.05, 0.1) is 11.7 Å². The fourth-order valence-corrected chi connectivity index (χ4v) is 3.61. The largest absolute Gasteiger partial charge is 0.391 e. The molecule has 4 heterocycles. The first-order valence-electron chi connectivity index (χ1n) is 9.41. The second-order valence-corrected chi connectivity index (χ2v) is 6.98. The quantitative estimate of drug-likeness (QED) is 0.857. The maximum Gasteiger partial charge on any atom is 0.255 e. The second-order valence-electron chi connectivity index (χ2n) is 6.98. The van der Waals surface area contributed by atoms with Crippen molar-refractivity contribution in [2.45, 2.75) is 18.9 Å². The molecule has 142 valence electrons. The summed E-state index contributed by atoms with van der Waals surface area (Å²) in [5, 5.41) is 9.66. The topological polar surface area (TPSA) is 85.7 Å². The fourth-order valence-electron chi connectivity index (χ4n) is 3.61. The number of β-amino-alcohol motifs (C(OH)–C–C–N with tert-alkyl or cyclic N) is 1. The van der Waals surface area contributed by atoms with E-state index in [1.807, 2.05) is 21.9 Å². The molecule has 0 spiro atoms. The number of amides is 1. The van der Waals surface area contributed by atoms with Crippen molar-refractivity contribution in [1.82, 2.24) is 19.9 Å². The molecule has 2 aliphatic heterocycles. The number of nitrogens with zero attached hydrogens (tertiary/aromatic N) is 6. The van der Waals surface area contributed by atoms with E-state index in [1.54, 1.807) is 24.7 Å². The van der Waals surface area contributed by atoms with Crippen LogP contribution >= 0.6 is 0 Å². The Morgan fingerprint density at radius 3 is 2.56 bits per heavy atom. The summed E-state index contributed by atoms with van der Waals surface area (Å²) in [5.74, 6) is 1.53. The SMILES string of the molecule is O=C(c1ccc(N2CCC(O)C2)nc1)N1CCCN(c2ncccn2)CC1. The maximum atomic E-state index is 12.9. The summed E-state index contributed by atoms with van der Waals surface area (Å²) in [4.78, 5) is 31.9. The van der Waals surface area contributed by atoms with Gasteiger partial charge in [0.1, 0.15) is 5.82 Å². The molecule has 2 aliphatic rings. The van der Waals surface area contributed by atoms with E-state index in [0.717, 1.165) is 31.7 Å². The first-order chi connectivity index (χ1) is 13.2. The van der Waals surface area contributed by atoms with E-state index >= 15 is 0 Å². The molecule has 2 aromatic rings. The summed E-state index contributed by atoms with van der Waals surface area (Å²) >= 11 is 0. The van der Waals surface area contributed by atoms with E-state index in [1.165, 1.54) is 0 Å². The Hall–Kier alpha value is -2.74. The predicted octanol–water partition coefficient (Wildman–Crippen LogP) is 0.795. The minimum absolute atomic E-state index is 0.00587. The van der Waals surface area contributed by atoms with Crippen LogP contribution in [0.5, 0.6) is 0 Å². The second kappa shape index (κ2) is 7.87. The number of anilines is 2. The Kier molecular flexibility index (Phi) is 5.15. The van der Waals surface area contributed by atoms with Crippen LogP contribution in [0.15, 0.2) is 36.8 Å². The fraction of sp³-hybridized carbons (Fsp3) is 0.474. The van der Waals surface area contributed by atoms with E-state index in [4.69, 9.17) is 0 Å². The van der Waals surface area contributed by atoms with E-state index < -0.39 is 0 Å². The number of pyridine rings is 1. The third-order valence-corrected chi connectivity index (χ3v) is 5.10. The molecule has 0 aromatic carbocycles. The average molecular weight is 368 g/mol. The predicted molar refractivity (Wildman–Crippen MR) is 102 cm³/mol. The van der Waals surface area contributed by atoms with Crippen molar-refractivity contribution in [2.75, 3.05) is 49.1 Å². The van der Waals surface area contributed by atoms with Crippen LogP contribution in [0.2, 0.25) is 0 Å². The van der Waals surface area contributed by atoms with Gasteiger partial charge in [-0.05, 0) is 31.0 Å². The lowest BCUT2D eigenvalue weighted by Crippen LogP contribution is -2.35. The average Bonchev–Trinajstić information content (AvgIpc) is 3.00. The van der Waals surface area contributed by atoms with Crippen LogP contribution in [0.1, 0.15) is 23.2 Å². The molecule has 27 heavy (non-hydrogen) atoms. The highest BCUT2D eigenvalue weighted by Gasteiger charge is 2.23. The van der Waals surface area contributed by atoms with Crippen LogP contribution in [0.3, 0.4) is 0 Å². The molecule has 2 fully saturated rings. The van der Waals surface area contributed by atoms with Gasteiger partial charge in [0.2, 0.25) is 5.95 Å². The van der Waals surface area contributed by atoms with E-state index in [-0.39, 0.29) is 12.0 Å². The molecule has 0 aliphatic carbocycles. The Morgan fingerprint density at radius 2 is 1.85 bits per heavy atom. The number of carbonyl (C=O) groups is 1.